The Morgan fingerprint density at radius 2 is 1.93 bits per heavy atom. The number of benzene rings is 1. The number of alkyl halides is 3. The zero-order valence-corrected chi connectivity index (χ0v) is 14.7. The lowest BCUT2D eigenvalue weighted by Crippen LogP contribution is -2.41. The van der Waals surface area contributed by atoms with Gasteiger partial charge in [0.15, 0.2) is 5.75 Å². The number of nitrogens with zero attached hydrogens (tertiary/aromatic N) is 3. The zero-order chi connectivity index (χ0) is 20.6. The van der Waals surface area contributed by atoms with E-state index in [4.69, 9.17) is 16.3 Å². The lowest BCUT2D eigenvalue weighted by atomic mass is 10.2. The topological polar surface area (TPSA) is 66.1 Å². The van der Waals surface area contributed by atoms with Crippen LogP contribution in [-0.2, 0) is 13.2 Å². The second-order valence-electron chi connectivity index (χ2n) is 5.49. The van der Waals surface area contributed by atoms with Crippen LogP contribution in [0.4, 0.5) is 17.6 Å². The molecule has 6 nitrogen and oxygen atoms in total. The number of halogens is 5. The molecule has 0 spiro atoms. The van der Waals surface area contributed by atoms with Crippen LogP contribution in [0.5, 0.6) is 11.5 Å². The maximum absolute atomic E-state index is 14.4. The first-order valence-electron chi connectivity index (χ1n) is 7.50. The van der Waals surface area contributed by atoms with Crippen LogP contribution in [0.3, 0.4) is 0 Å². The summed E-state index contributed by atoms with van der Waals surface area (Å²) in [7, 11) is 0.816. The van der Waals surface area contributed by atoms with Gasteiger partial charge < -0.3 is 4.74 Å². The zero-order valence-electron chi connectivity index (χ0n) is 13.9. The Morgan fingerprint density at radius 3 is 2.54 bits per heavy atom. The van der Waals surface area contributed by atoms with Crippen molar-refractivity contribution in [1.29, 1.82) is 0 Å². The van der Waals surface area contributed by atoms with E-state index in [-0.39, 0.29) is 31.7 Å². The van der Waals surface area contributed by atoms with Gasteiger partial charge in [-0.25, -0.2) is 13.8 Å². The molecule has 0 atom stereocenters. The number of ether oxygens (including phenoxy) is 1. The highest BCUT2D eigenvalue weighted by Crippen LogP contribution is 2.32. The molecule has 28 heavy (non-hydrogen) atoms. The fourth-order valence-electron chi connectivity index (χ4n) is 2.37. The van der Waals surface area contributed by atoms with Gasteiger partial charge in [0.05, 0.1) is 10.7 Å². The smallest absolute Gasteiger partial charge is 0.431 e. The minimum absolute atomic E-state index is 0.106. The fraction of sp³-hybridized carbons (Fsp3) is 0.118. The Kier molecular flexibility index (Phi) is 4.99. The third-order valence-corrected chi connectivity index (χ3v) is 3.95. The molecule has 145 valence electrons. The van der Waals surface area contributed by atoms with Crippen LogP contribution in [-0.4, -0.2) is 14.1 Å². The molecule has 0 aliphatic carbocycles. The average Bonchev–Trinajstić information content (AvgIpc) is 2.61. The summed E-state index contributed by atoms with van der Waals surface area (Å²) in [5.41, 5.74) is -4.84. The van der Waals surface area contributed by atoms with E-state index < -0.39 is 34.6 Å². The van der Waals surface area contributed by atoms with E-state index in [2.05, 4.69) is 11.2 Å². The predicted octanol–water partition coefficient (Wildman–Crippen LogP) is 3.33. The summed E-state index contributed by atoms with van der Waals surface area (Å²) in [6.07, 6.45) is -1.02. The summed E-state index contributed by atoms with van der Waals surface area (Å²) in [6, 6.07) is 4.89. The molecular formula is C17H9ClF4N3O3. The van der Waals surface area contributed by atoms with Crippen LogP contribution in [0.15, 0.2) is 46.1 Å². The van der Waals surface area contributed by atoms with Crippen LogP contribution in [0.2, 0.25) is 5.02 Å². The maximum atomic E-state index is 14.4. The van der Waals surface area contributed by atoms with Crippen LogP contribution < -0.4 is 16.0 Å². The summed E-state index contributed by atoms with van der Waals surface area (Å²) < 4.78 is 59.1. The largest absolute Gasteiger partial charge is 0.453 e. The van der Waals surface area contributed by atoms with E-state index in [0.29, 0.717) is 0 Å². The monoisotopic (exact) mass is 414 g/mol. The molecule has 1 radical (unpaired) electrons. The van der Waals surface area contributed by atoms with Gasteiger partial charge in [-0.1, -0.05) is 11.6 Å². The van der Waals surface area contributed by atoms with Crippen LogP contribution in [0, 0.1) is 12.0 Å². The SMILES string of the molecule is Cn1c(C(F)(F)F)cc(=O)n(-c2cc(Oc3[c]nccc3)c(Cl)cc2F)c1=O. The number of aromatic nitrogens is 3. The van der Waals surface area contributed by atoms with Gasteiger partial charge in [-0.15, -0.1) is 0 Å². The van der Waals surface area contributed by atoms with Crippen LogP contribution >= 0.6 is 11.6 Å². The van der Waals surface area contributed by atoms with Crippen molar-refractivity contribution >= 4 is 11.6 Å². The Balaban J connectivity index is 2.20. The molecule has 11 heteroatoms. The second kappa shape index (κ2) is 7.12. The van der Waals surface area contributed by atoms with Gasteiger partial charge in [-0.2, -0.15) is 13.2 Å². The Morgan fingerprint density at radius 1 is 1.21 bits per heavy atom. The highest BCUT2D eigenvalue weighted by Gasteiger charge is 2.35. The van der Waals surface area contributed by atoms with E-state index in [9.17, 15) is 27.2 Å². The maximum Gasteiger partial charge on any atom is 0.431 e. The van der Waals surface area contributed by atoms with Gasteiger partial charge in [-0.3, -0.25) is 14.3 Å². The molecule has 2 heterocycles. The molecule has 0 aliphatic rings. The molecule has 0 aliphatic heterocycles. The fourth-order valence-corrected chi connectivity index (χ4v) is 2.56. The molecule has 0 unspecified atom stereocenters. The predicted molar refractivity (Wildman–Crippen MR) is 90.4 cm³/mol. The van der Waals surface area contributed by atoms with Gasteiger partial charge in [0.25, 0.3) is 5.56 Å². The van der Waals surface area contributed by atoms with Crippen molar-refractivity contribution in [2.75, 3.05) is 0 Å². The Bertz CT molecular complexity index is 1160. The van der Waals surface area contributed by atoms with E-state index >= 15 is 0 Å². The summed E-state index contributed by atoms with van der Waals surface area (Å²) in [5.74, 6) is -1.16. The number of hydrogen-bond donors (Lipinski definition) is 0. The van der Waals surface area contributed by atoms with Crippen molar-refractivity contribution in [2.45, 2.75) is 6.18 Å². The molecule has 0 amide bonds. The summed E-state index contributed by atoms with van der Waals surface area (Å²) in [6.45, 7) is 0. The quantitative estimate of drug-likeness (QED) is 0.617. The first-order valence-corrected chi connectivity index (χ1v) is 7.87. The number of hydrogen-bond acceptors (Lipinski definition) is 4. The first-order chi connectivity index (χ1) is 13.1. The van der Waals surface area contributed by atoms with Gasteiger partial charge in [0.1, 0.15) is 23.5 Å². The molecule has 0 bridgehead atoms. The van der Waals surface area contributed by atoms with E-state index in [1.54, 1.807) is 0 Å². The van der Waals surface area contributed by atoms with Crippen LogP contribution in [0.25, 0.3) is 5.69 Å². The second-order valence-corrected chi connectivity index (χ2v) is 5.90. The minimum Gasteiger partial charge on any atom is -0.453 e. The van der Waals surface area contributed by atoms with E-state index in [1.165, 1.54) is 18.3 Å². The average molecular weight is 415 g/mol. The van der Waals surface area contributed by atoms with Crippen molar-refractivity contribution in [2.24, 2.45) is 7.05 Å². The number of rotatable bonds is 3. The van der Waals surface area contributed by atoms with Crippen molar-refractivity contribution in [3.63, 3.8) is 0 Å². The molecule has 0 fully saturated rings. The van der Waals surface area contributed by atoms with Crippen molar-refractivity contribution in [1.82, 2.24) is 14.1 Å². The molecular weight excluding hydrogens is 406 g/mol. The molecule has 3 aromatic rings. The standard InChI is InChI=1S/C17H9ClF4N3O3/c1-24-14(17(20,21)22)7-15(26)25(16(24)27)12-6-13(10(18)5-11(12)19)28-9-3-2-4-23-8-9/h2-7H,1H3. The molecule has 0 saturated heterocycles. The Hall–Kier alpha value is -3.14. The third-order valence-electron chi connectivity index (χ3n) is 3.66. The highest BCUT2D eigenvalue weighted by molar-refractivity contribution is 6.32. The van der Waals surface area contributed by atoms with E-state index in [0.717, 1.165) is 19.2 Å². The lowest BCUT2D eigenvalue weighted by molar-refractivity contribution is -0.144. The van der Waals surface area contributed by atoms with Crippen LogP contribution in [0.1, 0.15) is 5.69 Å². The summed E-state index contributed by atoms with van der Waals surface area (Å²) in [4.78, 5) is 28.2. The molecule has 3 rings (SSSR count). The van der Waals surface area contributed by atoms with Gasteiger partial charge >= 0.3 is 11.9 Å². The van der Waals surface area contributed by atoms with Gasteiger partial charge in [0, 0.05) is 25.4 Å². The normalized spacial score (nSPS) is 11.5. The summed E-state index contributed by atoms with van der Waals surface area (Å²) >= 11 is 5.92. The van der Waals surface area contributed by atoms with Crippen molar-refractivity contribution in [3.05, 3.63) is 80.1 Å². The lowest BCUT2D eigenvalue weighted by Gasteiger charge is -2.15. The first kappa shape index (κ1) is 19.6. The molecule has 0 N–H and O–H groups in total. The molecule has 1 aromatic carbocycles. The third kappa shape index (κ3) is 3.63. The Labute approximate surface area is 159 Å². The van der Waals surface area contributed by atoms with E-state index in [1.807, 2.05) is 0 Å². The van der Waals surface area contributed by atoms with Crippen molar-refractivity contribution < 1.29 is 22.3 Å². The minimum atomic E-state index is -4.94. The van der Waals surface area contributed by atoms with Gasteiger partial charge in [-0.05, 0) is 18.2 Å². The highest BCUT2D eigenvalue weighted by atomic mass is 35.5. The molecule has 0 saturated carbocycles. The van der Waals surface area contributed by atoms with Gasteiger partial charge in [0.2, 0.25) is 0 Å². The molecule has 2 aromatic heterocycles. The number of pyridine rings is 1. The summed E-state index contributed by atoms with van der Waals surface area (Å²) in [5, 5.41) is -0.199. The van der Waals surface area contributed by atoms with Crippen molar-refractivity contribution in [3.8, 4) is 17.2 Å².